The highest BCUT2D eigenvalue weighted by molar-refractivity contribution is 5.88. The van der Waals surface area contributed by atoms with Gasteiger partial charge in [-0.25, -0.2) is 0 Å². The standard InChI is InChI=1S/C12H11NO/c1-3-4-5-11-6-8-12(9-7-11)13-10(2)14/h3,6-9H,1H2,2H3,(H,13,14). The molecule has 0 spiro atoms. The number of allylic oxidation sites excluding steroid dienone is 1. The van der Waals surface area contributed by atoms with Crippen molar-refractivity contribution in [1.82, 2.24) is 0 Å². The van der Waals surface area contributed by atoms with Gasteiger partial charge in [-0.2, -0.15) is 0 Å². The minimum absolute atomic E-state index is 0.0741. The molecule has 1 aromatic carbocycles. The van der Waals surface area contributed by atoms with Crippen molar-refractivity contribution in [3.8, 4) is 11.8 Å². The molecule has 1 rings (SSSR count). The largest absolute Gasteiger partial charge is 0.326 e. The summed E-state index contributed by atoms with van der Waals surface area (Å²) in [6.45, 7) is 4.98. The quantitative estimate of drug-likeness (QED) is 0.667. The van der Waals surface area contributed by atoms with Crippen molar-refractivity contribution in [2.24, 2.45) is 0 Å². The maximum Gasteiger partial charge on any atom is 0.221 e. The summed E-state index contributed by atoms with van der Waals surface area (Å²) in [6.07, 6.45) is 1.54. The highest BCUT2D eigenvalue weighted by Crippen LogP contribution is 2.08. The molecule has 0 saturated heterocycles. The molecule has 0 aliphatic carbocycles. The summed E-state index contributed by atoms with van der Waals surface area (Å²) < 4.78 is 0. The molecule has 0 radical (unpaired) electrons. The Kier molecular flexibility index (Phi) is 3.51. The molecular weight excluding hydrogens is 174 g/mol. The normalized spacial score (nSPS) is 8.36. The number of rotatable bonds is 1. The Labute approximate surface area is 83.6 Å². The van der Waals surface area contributed by atoms with Crippen LogP contribution in [0.25, 0.3) is 0 Å². The fraction of sp³-hybridized carbons (Fsp3) is 0.0833. The van der Waals surface area contributed by atoms with Crippen LogP contribution in [0.15, 0.2) is 36.9 Å². The van der Waals surface area contributed by atoms with E-state index in [1.54, 1.807) is 6.08 Å². The Bertz CT molecular complexity index is 393. The maximum absolute atomic E-state index is 10.7. The van der Waals surface area contributed by atoms with E-state index in [0.717, 1.165) is 11.3 Å². The lowest BCUT2D eigenvalue weighted by atomic mass is 10.2. The summed E-state index contributed by atoms with van der Waals surface area (Å²) in [7, 11) is 0. The first kappa shape index (κ1) is 10.1. The van der Waals surface area contributed by atoms with Crippen LogP contribution in [0, 0.1) is 11.8 Å². The molecule has 1 N–H and O–H groups in total. The summed E-state index contributed by atoms with van der Waals surface area (Å²) in [5.41, 5.74) is 1.68. The van der Waals surface area contributed by atoms with Crippen molar-refractivity contribution in [3.63, 3.8) is 0 Å². The van der Waals surface area contributed by atoms with E-state index in [1.165, 1.54) is 6.92 Å². The second-order valence-corrected chi connectivity index (χ2v) is 2.73. The molecule has 0 aliphatic heterocycles. The first-order valence-electron chi connectivity index (χ1n) is 4.22. The number of hydrogen-bond acceptors (Lipinski definition) is 1. The smallest absolute Gasteiger partial charge is 0.221 e. The lowest BCUT2D eigenvalue weighted by Crippen LogP contribution is -2.05. The van der Waals surface area contributed by atoms with E-state index in [-0.39, 0.29) is 5.91 Å². The third-order valence-electron chi connectivity index (χ3n) is 1.52. The highest BCUT2D eigenvalue weighted by atomic mass is 16.1. The molecule has 2 nitrogen and oxygen atoms in total. The van der Waals surface area contributed by atoms with Crippen molar-refractivity contribution in [3.05, 3.63) is 42.5 Å². The zero-order chi connectivity index (χ0) is 10.4. The highest BCUT2D eigenvalue weighted by Gasteiger charge is 1.93. The van der Waals surface area contributed by atoms with Crippen LogP contribution in [0.2, 0.25) is 0 Å². The third kappa shape index (κ3) is 3.16. The van der Waals surface area contributed by atoms with Gasteiger partial charge in [0.1, 0.15) is 0 Å². The van der Waals surface area contributed by atoms with Gasteiger partial charge in [-0.1, -0.05) is 18.4 Å². The third-order valence-corrected chi connectivity index (χ3v) is 1.52. The van der Waals surface area contributed by atoms with E-state index in [4.69, 9.17) is 0 Å². The first-order chi connectivity index (χ1) is 6.72. The molecule has 1 aromatic rings. The lowest BCUT2D eigenvalue weighted by molar-refractivity contribution is -0.114. The van der Waals surface area contributed by atoms with Gasteiger partial charge in [0.05, 0.1) is 0 Å². The predicted molar refractivity (Wildman–Crippen MR) is 57.8 cm³/mol. The predicted octanol–water partition coefficient (Wildman–Crippen LogP) is 2.18. The Morgan fingerprint density at radius 3 is 2.57 bits per heavy atom. The van der Waals surface area contributed by atoms with E-state index in [2.05, 4.69) is 23.7 Å². The van der Waals surface area contributed by atoms with Crippen LogP contribution in [0.3, 0.4) is 0 Å². The van der Waals surface area contributed by atoms with E-state index in [1.807, 2.05) is 24.3 Å². The number of nitrogens with one attached hydrogen (secondary N) is 1. The minimum atomic E-state index is -0.0741. The van der Waals surface area contributed by atoms with Crippen LogP contribution in [0.4, 0.5) is 5.69 Å². The van der Waals surface area contributed by atoms with Gasteiger partial charge in [-0.3, -0.25) is 4.79 Å². The molecule has 14 heavy (non-hydrogen) atoms. The SMILES string of the molecule is C=CC#Cc1ccc(NC(C)=O)cc1. The van der Waals surface area contributed by atoms with Crippen molar-refractivity contribution >= 4 is 11.6 Å². The summed E-state index contributed by atoms with van der Waals surface area (Å²) in [6, 6.07) is 7.33. The van der Waals surface area contributed by atoms with Crippen LogP contribution < -0.4 is 5.32 Å². The van der Waals surface area contributed by atoms with Crippen molar-refractivity contribution in [2.45, 2.75) is 6.92 Å². The molecule has 0 heterocycles. The number of amides is 1. The summed E-state index contributed by atoms with van der Waals surface area (Å²) >= 11 is 0. The van der Waals surface area contributed by atoms with Crippen LogP contribution in [-0.4, -0.2) is 5.91 Å². The Balaban J connectivity index is 2.78. The van der Waals surface area contributed by atoms with Gasteiger partial charge in [0.2, 0.25) is 5.91 Å². The average Bonchev–Trinajstić information content (AvgIpc) is 2.16. The van der Waals surface area contributed by atoms with Crippen molar-refractivity contribution in [2.75, 3.05) is 5.32 Å². The number of anilines is 1. The molecular formula is C12H11NO. The number of carbonyl (C=O) groups is 1. The van der Waals surface area contributed by atoms with Gasteiger partial charge in [-0.15, -0.1) is 0 Å². The first-order valence-corrected chi connectivity index (χ1v) is 4.22. The summed E-state index contributed by atoms with van der Waals surface area (Å²) in [4.78, 5) is 10.7. The van der Waals surface area contributed by atoms with Gasteiger partial charge in [-0.05, 0) is 30.3 Å². The van der Waals surface area contributed by atoms with Crippen molar-refractivity contribution < 1.29 is 4.79 Å². The van der Waals surface area contributed by atoms with Gasteiger partial charge in [0.15, 0.2) is 0 Å². The molecule has 0 saturated carbocycles. The monoisotopic (exact) mass is 185 g/mol. The molecule has 0 aliphatic rings. The molecule has 0 aromatic heterocycles. The van der Waals surface area contributed by atoms with Crippen LogP contribution in [0.5, 0.6) is 0 Å². The molecule has 0 atom stereocenters. The second kappa shape index (κ2) is 4.88. The molecule has 0 fully saturated rings. The van der Waals surface area contributed by atoms with E-state index >= 15 is 0 Å². The topological polar surface area (TPSA) is 29.1 Å². The average molecular weight is 185 g/mol. The molecule has 2 heteroatoms. The van der Waals surface area contributed by atoms with Gasteiger partial charge >= 0.3 is 0 Å². The molecule has 0 unspecified atom stereocenters. The number of benzene rings is 1. The van der Waals surface area contributed by atoms with E-state index in [0.29, 0.717) is 0 Å². The second-order valence-electron chi connectivity index (χ2n) is 2.73. The fourth-order valence-corrected chi connectivity index (χ4v) is 0.975. The zero-order valence-corrected chi connectivity index (χ0v) is 8.00. The van der Waals surface area contributed by atoms with E-state index < -0.39 is 0 Å². The Morgan fingerprint density at radius 1 is 1.43 bits per heavy atom. The summed E-state index contributed by atoms with van der Waals surface area (Å²) in [5.74, 6) is 5.57. The van der Waals surface area contributed by atoms with Crippen LogP contribution in [0.1, 0.15) is 12.5 Å². The van der Waals surface area contributed by atoms with Crippen LogP contribution >= 0.6 is 0 Å². The van der Waals surface area contributed by atoms with Crippen LogP contribution in [-0.2, 0) is 4.79 Å². The van der Waals surface area contributed by atoms with Crippen molar-refractivity contribution in [1.29, 1.82) is 0 Å². The maximum atomic E-state index is 10.7. The molecule has 0 bridgehead atoms. The Hall–Kier alpha value is -2.01. The zero-order valence-electron chi connectivity index (χ0n) is 8.00. The van der Waals surface area contributed by atoms with Gasteiger partial charge in [0, 0.05) is 18.2 Å². The van der Waals surface area contributed by atoms with Gasteiger partial charge < -0.3 is 5.32 Å². The van der Waals surface area contributed by atoms with Gasteiger partial charge in [0.25, 0.3) is 0 Å². The molecule has 1 amide bonds. The number of hydrogen-bond donors (Lipinski definition) is 1. The lowest BCUT2D eigenvalue weighted by Gasteiger charge is -2.00. The fourth-order valence-electron chi connectivity index (χ4n) is 0.975. The van der Waals surface area contributed by atoms with E-state index in [9.17, 15) is 4.79 Å². The summed E-state index contributed by atoms with van der Waals surface area (Å²) in [5, 5.41) is 2.68. The minimum Gasteiger partial charge on any atom is -0.326 e. The Morgan fingerprint density at radius 2 is 2.07 bits per heavy atom. The molecule has 70 valence electrons. The number of carbonyl (C=O) groups excluding carboxylic acids is 1.